The summed E-state index contributed by atoms with van der Waals surface area (Å²) in [5, 5.41) is 10.9. The second-order valence-corrected chi connectivity index (χ2v) is 6.54. The Hall–Kier alpha value is -2.87. The highest BCUT2D eigenvalue weighted by atomic mass is 32.2. The molecule has 4 rings (SSSR count). The van der Waals surface area contributed by atoms with E-state index >= 15 is 0 Å². The van der Waals surface area contributed by atoms with E-state index in [-0.39, 0.29) is 18.0 Å². The minimum Gasteiger partial charge on any atom is -0.338 e. The highest BCUT2D eigenvalue weighted by Gasteiger charge is 2.23. The lowest BCUT2D eigenvalue weighted by molar-refractivity contribution is -0.117. The van der Waals surface area contributed by atoms with Crippen LogP contribution in [0.15, 0.2) is 51.8 Å². The maximum absolute atomic E-state index is 12.3. The molecule has 2 aromatic heterocycles. The molecule has 1 aromatic carbocycles. The zero-order chi connectivity index (χ0) is 17.2. The Bertz CT molecular complexity index is 981. The van der Waals surface area contributed by atoms with E-state index in [0.717, 1.165) is 33.0 Å². The van der Waals surface area contributed by atoms with E-state index < -0.39 is 0 Å². The van der Waals surface area contributed by atoms with Gasteiger partial charge in [-0.25, -0.2) is 4.68 Å². The number of benzene rings is 1. The van der Waals surface area contributed by atoms with Gasteiger partial charge < -0.3 is 4.52 Å². The summed E-state index contributed by atoms with van der Waals surface area (Å²) >= 11 is 1.72. The van der Waals surface area contributed by atoms with Crippen LogP contribution in [0.4, 0.5) is 5.88 Å². The Morgan fingerprint density at radius 2 is 2.04 bits per heavy atom. The number of anilines is 1. The van der Waals surface area contributed by atoms with Gasteiger partial charge in [-0.05, 0) is 6.07 Å². The molecule has 3 heterocycles. The van der Waals surface area contributed by atoms with Gasteiger partial charge in [-0.15, -0.1) is 0 Å². The Balaban J connectivity index is 1.54. The zero-order valence-corrected chi connectivity index (χ0v) is 14.0. The molecular weight excluding hydrogens is 340 g/mol. The molecule has 3 aromatic rings. The van der Waals surface area contributed by atoms with Crippen molar-refractivity contribution in [1.82, 2.24) is 14.9 Å². The summed E-state index contributed by atoms with van der Waals surface area (Å²) in [7, 11) is 0. The van der Waals surface area contributed by atoms with Gasteiger partial charge in [0.2, 0.25) is 11.8 Å². The van der Waals surface area contributed by atoms with Crippen LogP contribution in [0.2, 0.25) is 0 Å². The topological polar surface area (TPSA) is 90.0 Å². The largest absolute Gasteiger partial charge is 0.338 e. The van der Waals surface area contributed by atoms with Crippen molar-refractivity contribution in [2.24, 2.45) is 0 Å². The van der Waals surface area contributed by atoms with Gasteiger partial charge in [0.05, 0.1) is 17.0 Å². The number of fused-ring (bicyclic) bond motifs is 1. The SMILES string of the molecule is O=C(Cn1nc(-c2ccccc2)ccc1=O)Nc1onc2c1CSC2. The summed E-state index contributed by atoms with van der Waals surface area (Å²) in [6.07, 6.45) is 0. The van der Waals surface area contributed by atoms with Crippen LogP contribution in [0.3, 0.4) is 0 Å². The number of aromatic nitrogens is 3. The maximum Gasteiger partial charge on any atom is 0.267 e. The van der Waals surface area contributed by atoms with E-state index in [2.05, 4.69) is 15.6 Å². The van der Waals surface area contributed by atoms with Crippen LogP contribution in [0.25, 0.3) is 11.3 Å². The van der Waals surface area contributed by atoms with E-state index in [4.69, 9.17) is 4.52 Å². The third-order valence-corrected chi connectivity index (χ3v) is 4.81. The van der Waals surface area contributed by atoms with Gasteiger partial charge in [0.25, 0.3) is 5.56 Å². The second-order valence-electron chi connectivity index (χ2n) is 5.56. The Morgan fingerprint density at radius 1 is 1.20 bits per heavy atom. The summed E-state index contributed by atoms with van der Waals surface area (Å²) in [6.45, 7) is -0.192. The second kappa shape index (κ2) is 6.56. The summed E-state index contributed by atoms with van der Waals surface area (Å²) < 4.78 is 6.31. The fraction of sp³-hybridized carbons (Fsp3) is 0.176. The summed E-state index contributed by atoms with van der Waals surface area (Å²) in [4.78, 5) is 24.3. The number of hydrogen-bond donors (Lipinski definition) is 1. The van der Waals surface area contributed by atoms with Gasteiger partial charge in [0.15, 0.2) is 0 Å². The number of carbonyl (C=O) groups excluding carboxylic acids is 1. The van der Waals surface area contributed by atoms with Crippen molar-refractivity contribution in [1.29, 1.82) is 0 Å². The van der Waals surface area contributed by atoms with Gasteiger partial charge in [-0.2, -0.15) is 16.9 Å². The van der Waals surface area contributed by atoms with Crippen molar-refractivity contribution >= 4 is 23.6 Å². The molecule has 0 aliphatic carbocycles. The third-order valence-electron chi connectivity index (χ3n) is 3.84. The van der Waals surface area contributed by atoms with Gasteiger partial charge in [-0.3, -0.25) is 14.9 Å². The maximum atomic E-state index is 12.3. The average molecular weight is 354 g/mol. The summed E-state index contributed by atoms with van der Waals surface area (Å²) in [6, 6.07) is 12.5. The van der Waals surface area contributed by atoms with Crippen LogP contribution >= 0.6 is 11.8 Å². The van der Waals surface area contributed by atoms with Crippen LogP contribution in [0.1, 0.15) is 11.3 Å². The van der Waals surface area contributed by atoms with E-state index in [0.29, 0.717) is 11.6 Å². The van der Waals surface area contributed by atoms with Gasteiger partial charge in [0, 0.05) is 23.1 Å². The number of nitrogens with zero attached hydrogens (tertiary/aromatic N) is 3. The van der Waals surface area contributed by atoms with Crippen LogP contribution in [-0.2, 0) is 22.8 Å². The lowest BCUT2D eigenvalue weighted by Crippen LogP contribution is -2.29. The number of amides is 1. The van der Waals surface area contributed by atoms with Crippen LogP contribution in [0, 0.1) is 0 Å². The summed E-state index contributed by atoms with van der Waals surface area (Å²) in [5.41, 5.74) is 2.94. The molecule has 0 unspecified atom stereocenters. The zero-order valence-electron chi connectivity index (χ0n) is 13.1. The molecule has 0 saturated carbocycles. The number of thioether (sulfide) groups is 1. The number of nitrogens with one attached hydrogen (secondary N) is 1. The number of carbonyl (C=O) groups is 1. The molecule has 126 valence electrons. The average Bonchev–Trinajstić information content (AvgIpc) is 3.23. The van der Waals surface area contributed by atoms with Crippen molar-refractivity contribution in [3.8, 4) is 11.3 Å². The molecule has 8 heteroatoms. The van der Waals surface area contributed by atoms with E-state index in [1.807, 2.05) is 30.3 Å². The summed E-state index contributed by atoms with van der Waals surface area (Å²) in [5.74, 6) is 1.53. The van der Waals surface area contributed by atoms with E-state index in [1.165, 1.54) is 6.07 Å². The fourth-order valence-corrected chi connectivity index (χ4v) is 3.60. The Labute approximate surface area is 147 Å². The predicted octanol–water partition coefficient (Wildman–Crippen LogP) is 2.28. The predicted molar refractivity (Wildman–Crippen MR) is 94.1 cm³/mol. The first-order chi connectivity index (χ1) is 12.2. The molecule has 0 fully saturated rings. The van der Waals surface area contributed by atoms with Crippen LogP contribution in [0.5, 0.6) is 0 Å². The highest BCUT2D eigenvalue weighted by molar-refractivity contribution is 7.98. The first-order valence-corrected chi connectivity index (χ1v) is 8.85. The van der Waals surface area contributed by atoms with E-state index in [1.54, 1.807) is 17.8 Å². The monoisotopic (exact) mass is 354 g/mol. The minimum atomic E-state index is -0.379. The molecule has 25 heavy (non-hydrogen) atoms. The van der Waals surface area contributed by atoms with Crippen molar-refractivity contribution in [2.45, 2.75) is 18.1 Å². The number of hydrogen-bond acceptors (Lipinski definition) is 6. The molecule has 0 bridgehead atoms. The van der Waals surface area contributed by atoms with E-state index in [9.17, 15) is 9.59 Å². The Kier molecular flexibility index (Phi) is 4.10. The third kappa shape index (κ3) is 3.20. The number of rotatable bonds is 4. The van der Waals surface area contributed by atoms with Crippen molar-refractivity contribution in [3.05, 3.63) is 64.1 Å². The molecule has 1 aliphatic rings. The lowest BCUT2D eigenvalue weighted by atomic mass is 10.1. The molecule has 7 nitrogen and oxygen atoms in total. The molecule has 1 N–H and O–H groups in total. The first-order valence-electron chi connectivity index (χ1n) is 7.69. The van der Waals surface area contributed by atoms with Gasteiger partial charge in [0.1, 0.15) is 6.54 Å². The lowest BCUT2D eigenvalue weighted by Gasteiger charge is -2.07. The fourth-order valence-electron chi connectivity index (χ4n) is 2.58. The molecule has 0 spiro atoms. The minimum absolute atomic E-state index is 0.192. The molecule has 0 saturated heterocycles. The standard InChI is InChI=1S/C17H14N4O3S/c22-15(18-17-12-9-25-10-14(12)20-24-17)8-21-16(23)7-6-13(19-21)11-4-2-1-3-5-11/h1-7H,8-10H2,(H,18,22). The van der Waals surface area contributed by atoms with Gasteiger partial charge in [-0.1, -0.05) is 35.5 Å². The molecule has 0 radical (unpaired) electrons. The van der Waals surface area contributed by atoms with Crippen molar-refractivity contribution < 1.29 is 9.32 Å². The van der Waals surface area contributed by atoms with Crippen LogP contribution < -0.4 is 10.9 Å². The smallest absolute Gasteiger partial charge is 0.267 e. The highest BCUT2D eigenvalue weighted by Crippen LogP contribution is 2.34. The van der Waals surface area contributed by atoms with Gasteiger partial charge >= 0.3 is 0 Å². The van der Waals surface area contributed by atoms with Crippen molar-refractivity contribution in [3.63, 3.8) is 0 Å². The molecule has 1 aliphatic heterocycles. The normalized spacial score (nSPS) is 12.8. The van der Waals surface area contributed by atoms with Crippen molar-refractivity contribution in [2.75, 3.05) is 5.32 Å². The Morgan fingerprint density at radius 3 is 2.88 bits per heavy atom. The molecule has 0 atom stereocenters. The van der Waals surface area contributed by atoms with Crippen LogP contribution in [-0.4, -0.2) is 20.8 Å². The molecular formula is C17H14N4O3S. The quantitative estimate of drug-likeness (QED) is 0.773. The first kappa shape index (κ1) is 15.6. The molecule has 1 amide bonds.